The van der Waals surface area contributed by atoms with E-state index in [9.17, 15) is 23.1 Å². The molecule has 0 saturated carbocycles. The number of carbonyl (C=O) groups excluding carboxylic acids is 1. The van der Waals surface area contributed by atoms with Crippen molar-refractivity contribution in [3.8, 4) is 0 Å². The van der Waals surface area contributed by atoms with E-state index in [1.54, 1.807) is 18.2 Å². The minimum atomic E-state index is -4.44. The minimum Gasteiger partial charge on any atom is -0.451 e. The lowest BCUT2D eigenvalue weighted by Gasteiger charge is -2.24. The second-order valence-electron chi connectivity index (χ2n) is 5.60. The normalized spacial score (nSPS) is 13.2. The van der Waals surface area contributed by atoms with Gasteiger partial charge in [-0.1, -0.05) is 11.6 Å². The quantitative estimate of drug-likeness (QED) is 0.844. The summed E-state index contributed by atoms with van der Waals surface area (Å²) in [6, 6.07) is 6.70. The van der Waals surface area contributed by atoms with Gasteiger partial charge >= 0.3 is 6.18 Å². The third-order valence-corrected chi connectivity index (χ3v) is 3.48. The molecule has 0 fully saturated rings. The van der Waals surface area contributed by atoms with E-state index in [-0.39, 0.29) is 5.76 Å². The third-order valence-electron chi connectivity index (χ3n) is 3.48. The monoisotopic (exact) mass is 345 g/mol. The Hall–Kier alpha value is -2.06. The molecular formula is C16H18F3NO4. The summed E-state index contributed by atoms with van der Waals surface area (Å²) in [5.41, 5.74) is 1.40. The van der Waals surface area contributed by atoms with Gasteiger partial charge in [-0.25, -0.2) is 0 Å². The standard InChI is InChI=1S/C16H18F3NO4/c1-10-2-3-13-11(6-10)7-14(24-13)15(23)20(8-12(22)9-21)5-4-16(17,18)19/h2-3,6-7,12,21-22H,4-5,8-9H2,1H3/t12-/m0/s1. The molecule has 0 saturated heterocycles. The van der Waals surface area contributed by atoms with Crippen LogP contribution >= 0.6 is 0 Å². The predicted molar refractivity (Wildman–Crippen MR) is 80.6 cm³/mol. The SMILES string of the molecule is Cc1ccc2oc(C(=O)N(CCC(F)(F)F)C[C@H](O)CO)cc2c1. The van der Waals surface area contributed by atoms with Crippen LogP contribution in [0.1, 0.15) is 22.5 Å². The highest BCUT2D eigenvalue weighted by Crippen LogP contribution is 2.24. The van der Waals surface area contributed by atoms with Crippen molar-refractivity contribution in [3.63, 3.8) is 0 Å². The average Bonchev–Trinajstić information content (AvgIpc) is 2.92. The van der Waals surface area contributed by atoms with Gasteiger partial charge in [0.1, 0.15) is 5.58 Å². The molecule has 5 nitrogen and oxygen atoms in total. The van der Waals surface area contributed by atoms with Crippen molar-refractivity contribution >= 4 is 16.9 Å². The van der Waals surface area contributed by atoms with E-state index in [0.717, 1.165) is 10.5 Å². The van der Waals surface area contributed by atoms with Gasteiger partial charge in [-0.05, 0) is 25.1 Å². The molecule has 1 atom stereocenters. The lowest BCUT2D eigenvalue weighted by Crippen LogP contribution is -2.40. The number of alkyl halides is 3. The van der Waals surface area contributed by atoms with Crippen LogP contribution < -0.4 is 0 Å². The highest BCUT2D eigenvalue weighted by atomic mass is 19.4. The van der Waals surface area contributed by atoms with Gasteiger partial charge < -0.3 is 19.5 Å². The molecule has 2 N–H and O–H groups in total. The van der Waals surface area contributed by atoms with Gasteiger partial charge in [-0.15, -0.1) is 0 Å². The molecule has 8 heteroatoms. The molecule has 0 aliphatic carbocycles. The number of aliphatic hydroxyl groups is 2. The second-order valence-corrected chi connectivity index (χ2v) is 5.60. The molecule has 2 aromatic rings. The first kappa shape index (κ1) is 18.3. The summed E-state index contributed by atoms with van der Waals surface area (Å²) >= 11 is 0. The van der Waals surface area contributed by atoms with E-state index in [0.29, 0.717) is 11.0 Å². The first-order valence-corrected chi connectivity index (χ1v) is 7.35. The highest BCUT2D eigenvalue weighted by molar-refractivity contribution is 5.96. The van der Waals surface area contributed by atoms with Crippen LogP contribution in [0, 0.1) is 6.92 Å². The van der Waals surface area contributed by atoms with Crippen LogP contribution in [-0.2, 0) is 0 Å². The number of aliphatic hydroxyl groups excluding tert-OH is 2. The fourth-order valence-corrected chi connectivity index (χ4v) is 2.27. The maximum atomic E-state index is 12.4. The maximum absolute atomic E-state index is 12.4. The second kappa shape index (κ2) is 7.23. The van der Waals surface area contributed by atoms with Gasteiger partial charge in [0.25, 0.3) is 5.91 Å². The van der Waals surface area contributed by atoms with Crippen molar-refractivity contribution in [2.75, 3.05) is 19.7 Å². The summed E-state index contributed by atoms with van der Waals surface area (Å²) in [4.78, 5) is 13.3. The van der Waals surface area contributed by atoms with Crippen molar-refractivity contribution in [1.82, 2.24) is 4.90 Å². The largest absolute Gasteiger partial charge is 0.451 e. The molecule has 24 heavy (non-hydrogen) atoms. The smallest absolute Gasteiger partial charge is 0.390 e. The Bertz CT molecular complexity index is 711. The Morgan fingerprint density at radius 1 is 1.33 bits per heavy atom. The molecule has 1 aromatic carbocycles. The van der Waals surface area contributed by atoms with Gasteiger partial charge in [0.2, 0.25) is 0 Å². The van der Waals surface area contributed by atoms with Gasteiger partial charge in [-0.2, -0.15) is 13.2 Å². The lowest BCUT2D eigenvalue weighted by atomic mass is 10.2. The molecular weight excluding hydrogens is 327 g/mol. The Morgan fingerprint density at radius 3 is 2.67 bits per heavy atom. The molecule has 132 valence electrons. The molecule has 1 heterocycles. The number of rotatable bonds is 6. The molecule has 0 aliphatic heterocycles. The molecule has 0 unspecified atom stereocenters. The third kappa shape index (κ3) is 4.72. The van der Waals surface area contributed by atoms with Crippen molar-refractivity contribution in [1.29, 1.82) is 0 Å². The first-order chi connectivity index (χ1) is 11.2. The van der Waals surface area contributed by atoms with Crippen LogP contribution in [0.25, 0.3) is 11.0 Å². The fourth-order valence-electron chi connectivity index (χ4n) is 2.27. The van der Waals surface area contributed by atoms with Crippen LogP contribution in [0.15, 0.2) is 28.7 Å². The maximum Gasteiger partial charge on any atom is 0.390 e. The Balaban J connectivity index is 2.23. The number of benzene rings is 1. The molecule has 1 aromatic heterocycles. The Kier molecular flexibility index (Phi) is 5.51. The lowest BCUT2D eigenvalue weighted by molar-refractivity contribution is -0.137. The fraction of sp³-hybridized carbons (Fsp3) is 0.438. The van der Waals surface area contributed by atoms with Crippen molar-refractivity contribution < 1.29 is 32.6 Å². The van der Waals surface area contributed by atoms with Crippen molar-refractivity contribution in [3.05, 3.63) is 35.6 Å². The number of halogens is 3. The molecule has 0 radical (unpaired) electrons. The summed E-state index contributed by atoms with van der Waals surface area (Å²) in [7, 11) is 0. The average molecular weight is 345 g/mol. The number of hydrogen-bond acceptors (Lipinski definition) is 4. The first-order valence-electron chi connectivity index (χ1n) is 7.35. The van der Waals surface area contributed by atoms with Gasteiger partial charge in [0.05, 0.1) is 19.1 Å². The number of carbonyl (C=O) groups is 1. The molecule has 1 amide bonds. The van der Waals surface area contributed by atoms with Crippen LogP contribution in [0.4, 0.5) is 13.2 Å². The van der Waals surface area contributed by atoms with E-state index >= 15 is 0 Å². The van der Waals surface area contributed by atoms with Crippen molar-refractivity contribution in [2.24, 2.45) is 0 Å². The van der Waals surface area contributed by atoms with Crippen molar-refractivity contribution in [2.45, 2.75) is 25.6 Å². The summed E-state index contributed by atoms with van der Waals surface area (Å²) in [6.07, 6.45) is -6.97. The van der Waals surface area contributed by atoms with E-state index in [2.05, 4.69) is 0 Å². The van der Waals surface area contributed by atoms with E-state index in [1.165, 1.54) is 6.07 Å². The zero-order valence-electron chi connectivity index (χ0n) is 13.0. The van der Waals surface area contributed by atoms with Crippen LogP contribution in [-0.4, -0.2) is 53.0 Å². The van der Waals surface area contributed by atoms with Gasteiger partial charge in [-0.3, -0.25) is 4.79 Å². The summed E-state index contributed by atoms with van der Waals surface area (Å²) < 4.78 is 42.7. The van der Waals surface area contributed by atoms with Crippen LogP contribution in [0.3, 0.4) is 0 Å². The number of furan rings is 1. The van der Waals surface area contributed by atoms with Crippen LogP contribution in [0.2, 0.25) is 0 Å². The zero-order chi connectivity index (χ0) is 17.9. The molecule has 0 aliphatic rings. The Morgan fingerprint density at radius 2 is 2.04 bits per heavy atom. The number of amides is 1. The number of aryl methyl sites for hydroxylation is 1. The number of nitrogens with zero attached hydrogens (tertiary/aromatic N) is 1. The van der Waals surface area contributed by atoms with E-state index in [1.807, 2.05) is 6.92 Å². The summed E-state index contributed by atoms with van der Waals surface area (Å²) in [5.74, 6) is -0.872. The van der Waals surface area contributed by atoms with Gasteiger partial charge in [0.15, 0.2) is 5.76 Å². The molecule has 2 rings (SSSR count). The van der Waals surface area contributed by atoms with Crippen LogP contribution in [0.5, 0.6) is 0 Å². The zero-order valence-corrected chi connectivity index (χ0v) is 13.0. The van der Waals surface area contributed by atoms with E-state index < -0.39 is 44.3 Å². The van der Waals surface area contributed by atoms with Gasteiger partial charge in [0, 0.05) is 18.5 Å². The molecule has 0 bridgehead atoms. The molecule has 0 spiro atoms. The number of hydrogen-bond donors (Lipinski definition) is 2. The highest BCUT2D eigenvalue weighted by Gasteiger charge is 2.30. The topological polar surface area (TPSA) is 73.9 Å². The predicted octanol–water partition coefficient (Wildman–Crippen LogP) is 2.49. The minimum absolute atomic E-state index is 0.108. The van der Waals surface area contributed by atoms with E-state index in [4.69, 9.17) is 9.52 Å². The Labute approximate surface area is 136 Å². The summed E-state index contributed by atoms with van der Waals surface area (Å²) in [5, 5.41) is 19.0. The summed E-state index contributed by atoms with van der Waals surface area (Å²) in [6.45, 7) is 0.160. The number of fused-ring (bicyclic) bond motifs is 1.